The first-order valence-electron chi connectivity index (χ1n) is 5.02. The van der Waals surface area contributed by atoms with Gasteiger partial charge >= 0.3 is 6.09 Å². The average molecular weight is 219 g/mol. The van der Waals surface area contributed by atoms with Crippen LogP contribution in [0.5, 0.6) is 0 Å². The van der Waals surface area contributed by atoms with Crippen LogP contribution in [0, 0.1) is 0 Å². The smallest absolute Gasteiger partial charge is 0.410 e. The Morgan fingerprint density at radius 2 is 2.33 bits per heavy atom. The summed E-state index contributed by atoms with van der Waals surface area (Å²) in [6, 6.07) is 0. The molecular weight excluding hydrogens is 204 g/mol. The summed E-state index contributed by atoms with van der Waals surface area (Å²) in [4.78, 5) is 12.3. The van der Waals surface area contributed by atoms with Gasteiger partial charge in [0.2, 0.25) is 0 Å². The molecule has 0 fully saturated rings. The summed E-state index contributed by atoms with van der Waals surface area (Å²) in [5.41, 5.74) is 0. The topological polar surface area (TPSA) is 29.5 Å². The van der Waals surface area contributed by atoms with Crippen LogP contribution in [0.3, 0.4) is 0 Å². The molecule has 0 saturated carbocycles. The second-order valence-corrected chi connectivity index (χ2v) is 3.51. The lowest BCUT2D eigenvalue weighted by Crippen LogP contribution is -2.43. The molecule has 0 aromatic rings. The van der Waals surface area contributed by atoms with Crippen molar-refractivity contribution >= 4 is 6.09 Å². The normalized spacial score (nSPS) is 19.0. The van der Waals surface area contributed by atoms with Gasteiger partial charge < -0.3 is 4.74 Å². The summed E-state index contributed by atoms with van der Waals surface area (Å²) < 4.78 is 30.6. The fourth-order valence-electron chi connectivity index (χ4n) is 1.26. The van der Waals surface area contributed by atoms with Crippen molar-refractivity contribution in [3.05, 3.63) is 12.2 Å². The van der Waals surface area contributed by atoms with Crippen molar-refractivity contribution in [1.82, 2.24) is 4.90 Å². The van der Waals surface area contributed by atoms with Crippen molar-refractivity contribution in [2.45, 2.75) is 25.7 Å². The Morgan fingerprint density at radius 1 is 1.60 bits per heavy atom. The van der Waals surface area contributed by atoms with E-state index < -0.39 is 18.6 Å². The second-order valence-electron chi connectivity index (χ2n) is 3.51. The second kappa shape index (κ2) is 5.09. The maximum Gasteiger partial charge on any atom is 0.410 e. The monoisotopic (exact) mass is 219 g/mol. The number of carbonyl (C=O) groups excluding carboxylic acids is 1. The maximum absolute atomic E-state index is 12.9. The lowest BCUT2D eigenvalue weighted by Gasteiger charge is -2.27. The quantitative estimate of drug-likeness (QED) is 0.539. The number of carbonyl (C=O) groups is 1. The molecule has 0 atom stereocenters. The molecule has 1 aliphatic rings. The van der Waals surface area contributed by atoms with E-state index in [1.807, 2.05) is 6.92 Å². The van der Waals surface area contributed by atoms with Crippen LogP contribution in [0.15, 0.2) is 12.2 Å². The van der Waals surface area contributed by atoms with Gasteiger partial charge in [-0.25, -0.2) is 13.6 Å². The van der Waals surface area contributed by atoms with E-state index in [1.54, 1.807) is 0 Å². The molecule has 1 heterocycles. The zero-order valence-corrected chi connectivity index (χ0v) is 8.71. The summed E-state index contributed by atoms with van der Waals surface area (Å²) in [6.45, 7) is 1.86. The van der Waals surface area contributed by atoms with Gasteiger partial charge in [0.05, 0.1) is 13.2 Å². The molecule has 0 unspecified atom stereocenters. The van der Waals surface area contributed by atoms with Gasteiger partial charge in [-0.3, -0.25) is 4.90 Å². The number of alkyl halides is 2. The number of ether oxygens (including phenoxy) is 1. The summed E-state index contributed by atoms with van der Waals surface area (Å²) in [5, 5.41) is 0. The predicted octanol–water partition coefficient (Wildman–Crippen LogP) is 2.43. The Balaban J connectivity index is 2.38. The lowest BCUT2D eigenvalue weighted by molar-refractivity contribution is 0.00494. The van der Waals surface area contributed by atoms with Gasteiger partial charge in [-0.2, -0.15) is 0 Å². The van der Waals surface area contributed by atoms with Gasteiger partial charge in [0.1, 0.15) is 0 Å². The molecule has 0 spiro atoms. The number of hydrogen-bond donors (Lipinski definition) is 0. The van der Waals surface area contributed by atoms with Crippen molar-refractivity contribution in [3.63, 3.8) is 0 Å². The van der Waals surface area contributed by atoms with Crippen LogP contribution in [0.1, 0.15) is 19.8 Å². The molecule has 0 aliphatic carbocycles. The molecule has 1 rings (SSSR count). The van der Waals surface area contributed by atoms with Crippen LogP contribution in [0.2, 0.25) is 0 Å². The van der Waals surface area contributed by atoms with Crippen LogP contribution >= 0.6 is 0 Å². The number of halogens is 2. The summed E-state index contributed by atoms with van der Waals surface area (Å²) >= 11 is 0. The molecule has 1 aliphatic heterocycles. The van der Waals surface area contributed by atoms with Gasteiger partial charge in [0, 0.05) is 6.54 Å². The summed E-state index contributed by atoms with van der Waals surface area (Å²) in [6.07, 6.45) is 3.11. The van der Waals surface area contributed by atoms with Gasteiger partial charge in [-0.15, -0.1) is 0 Å². The minimum absolute atomic E-state index is 0.195. The first-order valence-corrected chi connectivity index (χ1v) is 5.02. The first kappa shape index (κ1) is 11.9. The zero-order valence-electron chi connectivity index (χ0n) is 8.71. The van der Waals surface area contributed by atoms with Crippen LogP contribution in [0.25, 0.3) is 0 Å². The molecule has 1 amide bonds. The van der Waals surface area contributed by atoms with Gasteiger partial charge in [-0.1, -0.05) is 19.4 Å². The number of amides is 1. The fraction of sp³-hybridized carbons (Fsp3) is 0.700. The molecule has 5 heteroatoms. The van der Waals surface area contributed by atoms with E-state index in [4.69, 9.17) is 4.74 Å². The Labute approximate surface area is 87.7 Å². The van der Waals surface area contributed by atoms with E-state index in [2.05, 4.69) is 0 Å². The van der Waals surface area contributed by atoms with E-state index in [1.165, 1.54) is 6.08 Å². The third-order valence-corrected chi connectivity index (χ3v) is 2.07. The van der Waals surface area contributed by atoms with E-state index in [9.17, 15) is 13.6 Å². The molecule has 0 radical (unpaired) electrons. The van der Waals surface area contributed by atoms with Gasteiger partial charge in [-0.05, 0) is 12.5 Å². The van der Waals surface area contributed by atoms with Crippen molar-refractivity contribution in [2.75, 3.05) is 19.7 Å². The Bertz CT molecular complexity index is 254. The van der Waals surface area contributed by atoms with E-state index >= 15 is 0 Å². The molecular formula is C10H15F2NO2. The third-order valence-electron chi connectivity index (χ3n) is 2.07. The highest BCUT2D eigenvalue weighted by Gasteiger charge is 2.33. The minimum atomic E-state index is -2.93. The largest absolute Gasteiger partial charge is 0.449 e. The van der Waals surface area contributed by atoms with Crippen molar-refractivity contribution < 1.29 is 18.3 Å². The molecule has 0 bridgehead atoms. The van der Waals surface area contributed by atoms with Crippen LogP contribution in [-0.2, 0) is 4.74 Å². The molecule has 0 saturated heterocycles. The number of rotatable bonds is 3. The number of unbranched alkanes of at least 4 members (excludes halogenated alkanes) is 1. The van der Waals surface area contributed by atoms with Crippen LogP contribution in [0.4, 0.5) is 13.6 Å². The SMILES string of the molecule is CCCCOC(=O)N1CC=CC(F)(F)C1. The molecule has 0 aromatic carbocycles. The summed E-state index contributed by atoms with van der Waals surface area (Å²) in [7, 11) is 0. The van der Waals surface area contributed by atoms with E-state index in [-0.39, 0.29) is 6.54 Å². The number of nitrogens with zero attached hydrogens (tertiary/aromatic N) is 1. The minimum Gasteiger partial charge on any atom is -0.449 e. The third kappa shape index (κ3) is 3.85. The van der Waals surface area contributed by atoms with Crippen molar-refractivity contribution in [1.29, 1.82) is 0 Å². The first-order chi connectivity index (χ1) is 7.05. The fourth-order valence-corrected chi connectivity index (χ4v) is 1.26. The van der Waals surface area contributed by atoms with Crippen LogP contribution < -0.4 is 0 Å². The Hall–Kier alpha value is -1.13. The van der Waals surface area contributed by atoms with Crippen LogP contribution in [-0.4, -0.2) is 36.6 Å². The van der Waals surface area contributed by atoms with Crippen molar-refractivity contribution in [3.8, 4) is 0 Å². The highest BCUT2D eigenvalue weighted by molar-refractivity contribution is 5.68. The molecule has 3 nitrogen and oxygen atoms in total. The van der Waals surface area contributed by atoms with E-state index in [0.29, 0.717) is 6.61 Å². The highest BCUT2D eigenvalue weighted by atomic mass is 19.3. The maximum atomic E-state index is 12.9. The highest BCUT2D eigenvalue weighted by Crippen LogP contribution is 2.21. The molecule has 0 aromatic heterocycles. The summed E-state index contributed by atoms with van der Waals surface area (Å²) in [5.74, 6) is -2.93. The number of hydrogen-bond acceptors (Lipinski definition) is 2. The molecule has 0 N–H and O–H groups in total. The zero-order chi connectivity index (χ0) is 11.3. The molecule has 15 heavy (non-hydrogen) atoms. The van der Waals surface area contributed by atoms with Gasteiger partial charge in [0.25, 0.3) is 5.92 Å². The van der Waals surface area contributed by atoms with Gasteiger partial charge in [0.15, 0.2) is 0 Å². The lowest BCUT2D eigenvalue weighted by atomic mass is 10.2. The van der Waals surface area contributed by atoms with Crippen molar-refractivity contribution in [2.24, 2.45) is 0 Å². The molecule has 86 valence electrons. The van der Waals surface area contributed by atoms with E-state index in [0.717, 1.165) is 23.8 Å². The average Bonchev–Trinajstić information content (AvgIpc) is 2.16. The predicted molar refractivity (Wildman–Crippen MR) is 51.9 cm³/mol. The standard InChI is InChI=1S/C10H15F2NO2/c1-2-3-7-15-9(14)13-6-4-5-10(11,12)8-13/h4-5H,2-3,6-8H2,1H3. The Morgan fingerprint density at radius 3 is 2.93 bits per heavy atom. The Kier molecular flexibility index (Phi) is 4.05.